The predicted molar refractivity (Wildman–Crippen MR) is 625 cm³/mol. The summed E-state index contributed by atoms with van der Waals surface area (Å²) in [6, 6.07) is 119. The quantitative estimate of drug-likeness (QED) is 0.0585. The second kappa shape index (κ2) is 46.5. The van der Waals surface area contributed by atoms with Gasteiger partial charge in [-0.1, -0.05) is 267 Å². The molecule has 1 radical (unpaired) electrons. The molecule has 28 heteroatoms. The van der Waals surface area contributed by atoms with E-state index < -0.39 is 7.12 Å². The van der Waals surface area contributed by atoms with Crippen LogP contribution in [0.1, 0.15) is 39.5 Å². The Balaban J connectivity index is 0.000000116. The van der Waals surface area contributed by atoms with E-state index in [1.54, 1.807) is 43.5 Å². The Kier molecular flexibility index (Phi) is 32.2. The van der Waals surface area contributed by atoms with Crippen LogP contribution in [0, 0.1) is 17.4 Å². The van der Waals surface area contributed by atoms with E-state index in [2.05, 4.69) is 374 Å². The Morgan fingerprint density at radius 2 is 0.622 bits per heavy atom. The van der Waals surface area contributed by atoms with Gasteiger partial charge in [0.15, 0.2) is 5.58 Å². The number of hydrogen-bond donors (Lipinski definition) is 3. The van der Waals surface area contributed by atoms with Gasteiger partial charge in [-0.15, -0.1) is 0 Å². The molecule has 12 heterocycles. The minimum absolute atomic E-state index is 0. The second-order valence-corrected chi connectivity index (χ2v) is 36.4. The minimum atomic E-state index is -1.51. The van der Waals surface area contributed by atoms with E-state index in [0.29, 0.717) is 30.1 Å². The number of rotatable bonds is 12. The fourth-order valence-corrected chi connectivity index (χ4v) is 19.9. The third-order valence-corrected chi connectivity index (χ3v) is 27.0. The van der Waals surface area contributed by atoms with E-state index in [1.807, 2.05) is 146 Å². The van der Waals surface area contributed by atoms with Crippen LogP contribution in [0.25, 0.3) is 232 Å². The smallest absolute Gasteiger partial charge is 0.535 e. The average Bonchev–Trinajstić information content (AvgIpc) is 1.58. The number of halogens is 4. The van der Waals surface area contributed by atoms with E-state index >= 15 is 0 Å². The number of benzene rings is 16. The molecule has 20 nitrogen and oxygen atoms in total. The van der Waals surface area contributed by atoms with Crippen LogP contribution < -0.4 is 47.8 Å². The number of fused-ring (bicyclic) bond motifs is 24. The molecule has 0 amide bonds. The number of para-hydroxylation sites is 12. The molecule has 0 atom stereocenters. The van der Waals surface area contributed by atoms with Gasteiger partial charge in [-0.05, 0) is 167 Å². The number of furan rings is 4. The number of nitrogens with zero attached hydrogens (tertiary/aromatic N) is 12. The molecule has 0 saturated heterocycles. The summed E-state index contributed by atoms with van der Waals surface area (Å²) in [5.74, 6) is 0.463. The summed E-state index contributed by atoms with van der Waals surface area (Å²) in [7, 11) is -0.841. The maximum Gasteiger partial charge on any atom is 1.00 e. The minimum Gasteiger partial charge on any atom is -0.535 e. The zero-order valence-electron chi connectivity index (χ0n) is 80.8. The monoisotopic (exact) mass is 2320 g/mol. The molecule has 0 aliphatic rings. The summed E-state index contributed by atoms with van der Waals surface area (Å²) in [6.07, 6.45) is 18.5. The van der Waals surface area contributed by atoms with Crippen LogP contribution in [0.4, 0.5) is 0 Å². The molecular weight excluding hydrogens is 2230 g/mol. The van der Waals surface area contributed by atoms with Gasteiger partial charge in [0.2, 0.25) is 0 Å². The Morgan fingerprint density at radius 3 is 1.00 bits per heavy atom. The van der Waals surface area contributed by atoms with E-state index in [-0.39, 0.29) is 37.7 Å². The summed E-state index contributed by atoms with van der Waals surface area (Å²) in [5.41, 5.74) is 29.5. The van der Waals surface area contributed by atoms with Crippen molar-refractivity contribution in [1.82, 2.24) is 58.1 Å². The van der Waals surface area contributed by atoms with E-state index in [1.165, 1.54) is 12.8 Å². The standard InChI is InChI=1S/C28H17BN3O3.C28H16IN3O.C28H17N3O.C16H10BrN3.C12H9BO3.2C4H9.I2.2Li/c33-29-35-25-11-5-10-21-20-9-4-8-19(27(20)34-28(21)25)17-12-13-22-23(14-17)32(18-6-2-1-3-7-18)24-15-30-16-31-26(22)24;29-23-11-5-10-21-20-9-4-8-19(27(20)33-28(21)23)17-12-13-22-24(14-17)32(18-6-2-1-3-7-18)25-15-30-16-31-26(22)25;1-2-7-19(8-3-1)31-24-15-18(13-14-23(24)27-25(31)16-29-17-30-27)20-10-6-11-22-21-9-4-5-12-26(21)32-28(20)22;17-11-6-7-13-14(8-11)20(12-4-2-1-3-5-12)15-9-18-10-19-16(13)15;14-13(15)10-6-3-5-9-8-4-1-2-7-11(8)16-12(9)10;2*1-3-4-2;1-2;;/h1-16,33H;1-16H;1-17H;1-10H;1-7,14-15H;2*1,3-4H2,2H3;;;/q;;;;;2*-1;;2*+1. The number of hydrogen-bond acceptors (Lipinski definition) is 16. The van der Waals surface area contributed by atoms with E-state index in [9.17, 15) is 10.0 Å². The van der Waals surface area contributed by atoms with Crippen LogP contribution in [-0.2, 0) is 0 Å². The van der Waals surface area contributed by atoms with Crippen molar-refractivity contribution >= 4 is 272 Å². The van der Waals surface area contributed by atoms with Gasteiger partial charge in [0.05, 0.1) is 94.6 Å². The maximum atomic E-state index is 9.24. The molecule has 0 spiro atoms. The normalized spacial score (nSPS) is 11.1. The van der Waals surface area contributed by atoms with Gasteiger partial charge in [0.1, 0.15) is 70.1 Å². The zero-order chi connectivity index (χ0) is 99.8. The first-order valence-corrected chi connectivity index (χ1v) is 55.5. The van der Waals surface area contributed by atoms with Gasteiger partial charge in [-0.3, -0.25) is 0 Å². The van der Waals surface area contributed by atoms with Gasteiger partial charge >= 0.3 is 52.5 Å². The van der Waals surface area contributed by atoms with Crippen molar-refractivity contribution in [3.63, 3.8) is 0 Å². The Hall–Kier alpha value is -14.1. The molecule has 0 fully saturated rings. The van der Waals surface area contributed by atoms with Gasteiger partial charge < -0.3 is 69.5 Å². The van der Waals surface area contributed by atoms with Crippen LogP contribution in [0.3, 0.4) is 0 Å². The largest absolute Gasteiger partial charge is 1.00 e. The molecule has 0 aliphatic carbocycles. The second-order valence-electron chi connectivity index (χ2n) is 34.3. The topological polar surface area (TPSA) is 245 Å². The SMILES string of the molecule is Brc1ccc2c3ncncc3n(-c3ccccc3)c2c1.II.Ic1cccc2c1oc1c(-c3ccc4c5ncncc5n(-c5ccccc5)c4c3)cccc12.OB(O)c1cccc2c1oc1ccccc12.O[B]Oc1cccc2c1oc1c(-c3ccc4c5ncncc5n(-c5ccccc5)c4c3)cccc12.[CH2-]CCC.[CH2-]CCC.[Li+].[Li+].c1ccc(-n2c3cc(-c4cccc5c4oc4ccccc45)ccc3c3ncncc32)cc1. The molecule has 0 aliphatic heterocycles. The zero-order valence-corrected chi connectivity index (χ0v) is 88.8. The molecule has 0 saturated carbocycles. The molecule has 0 bridgehead atoms. The van der Waals surface area contributed by atoms with Crippen LogP contribution in [0.2, 0.25) is 0 Å². The molecule has 16 aromatic carbocycles. The van der Waals surface area contributed by atoms with Crippen molar-refractivity contribution in [1.29, 1.82) is 0 Å². The van der Waals surface area contributed by atoms with Crippen LogP contribution in [0.5, 0.6) is 5.75 Å². The van der Waals surface area contributed by atoms with Gasteiger partial charge in [0, 0.05) is 151 Å². The van der Waals surface area contributed by atoms with Crippen molar-refractivity contribution in [3.05, 3.63) is 424 Å². The Bertz CT molecular complexity index is 9630. The van der Waals surface area contributed by atoms with E-state index in [4.69, 9.17) is 27.3 Å². The maximum absolute atomic E-state index is 9.24. The fraction of sp³-hybridized carbons (Fsp3) is 0.0500. The van der Waals surface area contributed by atoms with Crippen LogP contribution >= 0.6 is 75.8 Å². The summed E-state index contributed by atoms with van der Waals surface area (Å²) < 4.78 is 40.9. The molecule has 148 heavy (non-hydrogen) atoms. The van der Waals surface area contributed by atoms with Crippen LogP contribution in [0.15, 0.2) is 424 Å². The first kappa shape index (κ1) is 103. The average molecular weight is 2320 g/mol. The molecule has 3 N–H and O–H groups in total. The summed E-state index contributed by atoms with van der Waals surface area (Å²) in [5, 5.41) is 40.4. The van der Waals surface area contributed by atoms with Crippen molar-refractivity contribution in [3.8, 4) is 61.9 Å². The van der Waals surface area contributed by atoms with Crippen molar-refractivity contribution in [2.75, 3.05) is 0 Å². The van der Waals surface area contributed by atoms with Crippen LogP contribution in [-0.4, -0.2) is 88.0 Å². The fourth-order valence-electron chi connectivity index (χ4n) is 19.0. The van der Waals surface area contributed by atoms with Crippen molar-refractivity contribution in [2.45, 2.75) is 39.5 Å². The van der Waals surface area contributed by atoms with Gasteiger partial charge in [-0.25, -0.2) is 39.9 Å². The first-order chi connectivity index (χ1) is 71.9. The molecule has 0 unspecified atom stereocenters. The number of unbranched alkanes of at least 4 members (excludes halogenated alkanes) is 2. The molecular formula is C120H87B2BrI3Li2N12O8. The third kappa shape index (κ3) is 19.9. The van der Waals surface area contributed by atoms with Crippen molar-refractivity contribution in [2.24, 2.45) is 0 Å². The molecule has 12 aromatic heterocycles. The summed E-state index contributed by atoms with van der Waals surface area (Å²) in [6.45, 7) is 11.4. The molecule has 28 aromatic rings. The Morgan fingerprint density at radius 1 is 0.324 bits per heavy atom. The first-order valence-electron chi connectivity index (χ1n) is 47.4. The van der Waals surface area contributed by atoms with Gasteiger partial charge in [-0.2, -0.15) is 12.8 Å². The predicted octanol–water partition coefficient (Wildman–Crippen LogP) is 25.6. The van der Waals surface area contributed by atoms with Crippen molar-refractivity contribution < 1.29 is 75.1 Å². The third-order valence-electron chi connectivity index (χ3n) is 25.6. The van der Waals surface area contributed by atoms with E-state index in [0.717, 1.165) is 241 Å². The summed E-state index contributed by atoms with van der Waals surface area (Å²) >= 11 is 10.1. The Labute approximate surface area is 920 Å². The van der Waals surface area contributed by atoms with Gasteiger partial charge in [0.25, 0.3) is 0 Å². The molecule has 28 rings (SSSR count). The summed E-state index contributed by atoms with van der Waals surface area (Å²) in [4.78, 5) is 35.2. The number of aromatic nitrogens is 12. The molecule has 711 valence electrons.